The predicted octanol–water partition coefficient (Wildman–Crippen LogP) is 10.7. The second-order valence-electron chi connectivity index (χ2n) is 10.3. The molecule has 0 fully saturated rings. The minimum absolute atomic E-state index is 0.766. The molecule has 0 atom stereocenters. The van der Waals surface area contributed by atoms with E-state index in [1.165, 1.54) is 61.1 Å². The summed E-state index contributed by atoms with van der Waals surface area (Å²) in [4.78, 5) is 1.32. The van der Waals surface area contributed by atoms with Gasteiger partial charge in [-0.1, -0.05) is 0 Å². The third-order valence-corrected chi connectivity index (χ3v) is 18.6. The van der Waals surface area contributed by atoms with Crippen molar-refractivity contribution in [3.05, 3.63) is 138 Å². The molecule has 5 heteroatoms. The first-order valence-electron chi connectivity index (χ1n) is 13.3. The van der Waals surface area contributed by atoms with E-state index < -0.39 is 5.96 Å². The first-order valence-corrected chi connectivity index (χ1v) is 19.1. The summed E-state index contributed by atoms with van der Waals surface area (Å²) in [6.07, 6.45) is 0.766. The Morgan fingerprint density at radius 2 is 1.00 bits per heavy atom. The first kappa shape index (κ1) is 24.7. The summed E-state index contributed by atoms with van der Waals surface area (Å²) in [5.41, 5.74) is 0. The molecule has 0 unspecified atom stereocenters. The van der Waals surface area contributed by atoms with Gasteiger partial charge in [-0.05, 0) is 0 Å². The number of hydrogen-bond donors (Lipinski definition) is 0. The summed E-state index contributed by atoms with van der Waals surface area (Å²) < 4.78 is 5.38. The summed E-state index contributed by atoms with van der Waals surface area (Å²) in [6, 6.07) is 46.3. The summed E-state index contributed by atoms with van der Waals surface area (Å²) in [5.74, 6) is -3.40. The third kappa shape index (κ3) is 3.52. The number of fused-ring (bicyclic) bond motifs is 7. The van der Waals surface area contributed by atoms with E-state index in [0.717, 1.165) is 6.16 Å². The molecule has 0 bridgehead atoms. The Morgan fingerprint density at radius 1 is 0.500 bits per heavy atom. The van der Waals surface area contributed by atoms with E-state index in [1.54, 1.807) is 0 Å². The molecule has 194 valence electrons. The van der Waals surface area contributed by atoms with Crippen molar-refractivity contribution >= 4 is 107 Å². The molecule has 8 aromatic rings. The summed E-state index contributed by atoms with van der Waals surface area (Å²) >= 11 is 14.0. The average Bonchev–Trinajstić information content (AvgIpc) is 3.74. The molecule has 0 aliphatic carbocycles. The monoisotopic (exact) mass is 606 g/mol. The van der Waals surface area contributed by atoms with Crippen LogP contribution in [0.5, 0.6) is 0 Å². The van der Waals surface area contributed by atoms with Crippen LogP contribution >= 0.6 is 51.2 Å². The first-order chi connectivity index (χ1) is 19.6. The van der Waals surface area contributed by atoms with Gasteiger partial charge in [-0.15, -0.1) is 0 Å². The zero-order valence-electron chi connectivity index (χ0n) is 21.5. The average molecular weight is 607 g/mol. The van der Waals surface area contributed by atoms with Crippen molar-refractivity contribution in [2.24, 2.45) is 0 Å². The van der Waals surface area contributed by atoms with Crippen LogP contribution < -0.4 is 15.9 Å². The maximum atomic E-state index is 8.43. The Balaban J connectivity index is 1.43. The molecule has 0 saturated heterocycles. The topological polar surface area (TPSA) is 0 Å². The number of halogens is 1. The van der Waals surface area contributed by atoms with Gasteiger partial charge in [0.1, 0.15) is 0 Å². The van der Waals surface area contributed by atoms with Crippen molar-refractivity contribution in [3.8, 4) is 0 Å². The second kappa shape index (κ2) is 9.24. The Morgan fingerprint density at radius 3 is 1.57 bits per heavy atom. The summed E-state index contributed by atoms with van der Waals surface area (Å²) in [7, 11) is 0. The minimum atomic E-state index is -3.40. The Hall–Kier alpha value is -3.04. The molecule has 3 aromatic heterocycles. The van der Waals surface area contributed by atoms with Crippen molar-refractivity contribution in [2.75, 3.05) is 0 Å². The predicted molar refractivity (Wildman–Crippen MR) is 185 cm³/mol. The van der Waals surface area contributed by atoms with Crippen molar-refractivity contribution in [2.45, 2.75) is 6.16 Å². The molecule has 0 aliphatic heterocycles. The van der Waals surface area contributed by atoms with Crippen molar-refractivity contribution in [1.29, 1.82) is 0 Å². The van der Waals surface area contributed by atoms with Gasteiger partial charge in [0.15, 0.2) is 0 Å². The van der Waals surface area contributed by atoms with Gasteiger partial charge >= 0.3 is 251 Å². The van der Waals surface area contributed by atoms with Gasteiger partial charge in [-0.25, -0.2) is 0 Å². The molecular weight excluding hydrogens is 583 g/mol. The molecular formula is C35H24ClPS3. The summed E-state index contributed by atoms with van der Waals surface area (Å²) in [6.45, 7) is 0. The summed E-state index contributed by atoms with van der Waals surface area (Å²) in [5, 5.41) is 11.3. The van der Waals surface area contributed by atoms with Gasteiger partial charge in [0.2, 0.25) is 0 Å². The van der Waals surface area contributed by atoms with E-state index in [1.807, 2.05) is 34.0 Å². The van der Waals surface area contributed by atoms with E-state index in [-0.39, 0.29) is 0 Å². The SMILES string of the molecule is ClP(Cc1cc2c(ccc3sc4ccc5sccc5c4c32)s1)(c1ccccc1)(c1ccccc1)c1ccccc1. The van der Waals surface area contributed by atoms with Crippen LogP contribution in [-0.2, 0) is 6.16 Å². The van der Waals surface area contributed by atoms with Crippen molar-refractivity contribution in [3.63, 3.8) is 0 Å². The molecule has 5 aromatic carbocycles. The molecule has 0 radical (unpaired) electrons. The maximum absolute atomic E-state index is 8.43. The molecule has 0 amide bonds. The fourth-order valence-electron chi connectivity index (χ4n) is 6.28. The van der Waals surface area contributed by atoms with E-state index >= 15 is 0 Å². The van der Waals surface area contributed by atoms with Crippen LogP contribution in [0.2, 0.25) is 0 Å². The van der Waals surface area contributed by atoms with Gasteiger partial charge < -0.3 is 0 Å². The standard InChI is InChI=1S/C35H24ClPS3/c36-37(24-10-4-1-5-11-24,25-12-6-2-7-13-25,26-14-8-3-9-15-26)23-27-22-29-31(39-27)17-19-33-35(29)34-28-20-21-38-30(28)16-18-32(34)40-33/h1-22H,23H2. The van der Waals surface area contributed by atoms with Crippen LogP contribution in [-0.4, -0.2) is 0 Å². The van der Waals surface area contributed by atoms with Crippen molar-refractivity contribution in [1.82, 2.24) is 0 Å². The molecule has 0 aliphatic rings. The third-order valence-electron chi connectivity index (χ3n) is 8.12. The quantitative estimate of drug-likeness (QED) is 0.171. The fourth-order valence-corrected chi connectivity index (χ4v) is 16.2. The van der Waals surface area contributed by atoms with Gasteiger partial charge in [-0.2, -0.15) is 0 Å². The fraction of sp³-hybridized carbons (Fsp3) is 0.0286. The van der Waals surface area contributed by atoms with Gasteiger partial charge in [0, 0.05) is 0 Å². The Bertz CT molecular complexity index is 2060. The zero-order valence-corrected chi connectivity index (χ0v) is 25.6. The van der Waals surface area contributed by atoms with Gasteiger partial charge in [-0.3, -0.25) is 0 Å². The number of rotatable bonds is 5. The van der Waals surface area contributed by atoms with Crippen molar-refractivity contribution < 1.29 is 0 Å². The van der Waals surface area contributed by atoms with E-state index in [0.29, 0.717) is 0 Å². The number of benzene rings is 5. The Kier molecular flexibility index (Phi) is 5.71. The number of thiophene rings is 3. The molecule has 3 heterocycles. The molecule has 40 heavy (non-hydrogen) atoms. The van der Waals surface area contributed by atoms with Crippen LogP contribution in [0.25, 0.3) is 40.3 Å². The molecule has 0 N–H and O–H groups in total. The van der Waals surface area contributed by atoms with E-state index in [4.69, 9.17) is 11.2 Å². The van der Waals surface area contributed by atoms with E-state index in [9.17, 15) is 0 Å². The van der Waals surface area contributed by atoms with Gasteiger partial charge in [0.25, 0.3) is 0 Å². The van der Waals surface area contributed by atoms with Crippen LogP contribution in [0.3, 0.4) is 0 Å². The second-order valence-corrected chi connectivity index (χ2v) is 20.0. The van der Waals surface area contributed by atoms with Crippen LogP contribution in [0.4, 0.5) is 0 Å². The van der Waals surface area contributed by atoms with E-state index in [2.05, 4.69) is 133 Å². The number of hydrogen-bond acceptors (Lipinski definition) is 3. The Labute approximate surface area is 249 Å². The molecule has 0 spiro atoms. The van der Waals surface area contributed by atoms with Crippen LogP contribution in [0, 0.1) is 0 Å². The normalized spacial score (nSPS) is 13.3. The van der Waals surface area contributed by atoms with Crippen LogP contribution in [0.1, 0.15) is 4.88 Å². The molecule has 0 saturated carbocycles. The molecule has 0 nitrogen and oxygen atoms in total. The zero-order chi connectivity index (χ0) is 26.8. The molecule has 8 rings (SSSR count). The van der Waals surface area contributed by atoms with Gasteiger partial charge in [0.05, 0.1) is 0 Å². The van der Waals surface area contributed by atoms with Crippen LogP contribution in [0.15, 0.2) is 133 Å².